The van der Waals surface area contributed by atoms with Gasteiger partial charge in [0.1, 0.15) is 6.10 Å². The second-order valence-corrected chi connectivity index (χ2v) is 8.38. The summed E-state index contributed by atoms with van der Waals surface area (Å²) in [5, 5.41) is 25.4. The Balaban J connectivity index is 2.71. The number of aliphatic hydroxyl groups excluding tert-OH is 2. The van der Waals surface area contributed by atoms with E-state index in [-0.39, 0.29) is 44.2 Å². The SMILES string of the molecule is CCC(O)CC(O)CC1(OC)OCC(C)(C)[C@H](C(=O)NCCC(=O)NCCS)O1. The van der Waals surface area contributed by atoms with Crippen molar-refractivity contribution >= 4 is 24.4 Å². The average Bonchev–Trinajstić information content (AvgIpc) is 2.67. The van der Waals surface area contributed by atoms with Crippen molar-refractivity contribution in [2.24, 2.45) is 5.41 Å². The molecule has 170 valence electrons. The van der Waals surface area contributed by atoms with Gasteiger partial charge in [0.25, 0.3) is 5.97 Å². The molecule has 0 aromatic carbocycles. The first-order valence-electron chi connectivity index (χ1n) is 9.97. The number of carbonyl (C=O) groups excluding carboxylic acids is 2. The molecule has 3 unspecified atom stereocenters. The van der Waals surface area contributed by atoms with Crippen molar-refractivity contribution in [1.82, 2.24) is 10.6 Å². The quantitative estimate of drug-likeness (QED) is 0.277. The van der Waals surface area contributed by atoms with E-state index in [1.807, 2.05) is 20.8 Å². The molecule has 1 heterocycles. The Hall–Kier alpha value is -0.910. The highest BCUT2D eigenvalue weighted by Gasteiger charge is 2.51. The molecule has 0 aromatic heterocycles. The number of carbonyl (C=O) groups is 2. The maximum atomic E-state index is 12.7. The smallest absolute Gasteiger partial charge is 0.285 e. The van der Waals surface area contributed by atoms with Gasteiger partial charge in [-0.05, 0) is 12.8 Å². The molecule has 4 atom stereocenters. The Kier molecular flexibility index (Phi) is 10.9. The third kappa shape index (κ3) is 8.39. The lowest BCUT2D eigenvalue weighted by Crippen LogP contribution is -2.60. The van der Waals surface area contributed by atoms with Crippen LogP contribution in [0.2, 0.25) is 0 Å². The monoisotopic (exact) mass is 436 g/mol. The maximum Gasteiger partial charge on any atom is 0.285 e. The molecule has 0 saturated carbocycles. The van der Waals surface area contributed by atoms with E-state index in [1.165, 1.54) is 7.11 Å². The van der Waals surface area contributed by atoms with Crippen LogP contribution in [0.15, 0.2) is 0 Å². The Morgan fingerprint density at radius 1 is 1.24 bits per heavy atom. The molecule has 1 aliphatic rings. The van der Waals surface area contributed by atoms with E-state index in [1.54, 1.807) is 0 Å². The lowest BCUT2D eigenvalue weighted by molar-refractivity contribution is -0.429. The van der Waals surface area contributed by atoms with Crippen molar-refractivity contribution in [2.45, 2.75) is 70.7 Å². The standard InChI is InChI=1S/C19H36N2O7S/c1-5-13(22)10-14(23)11-19(26-4)27-12-18(2,3)16(28-19)17(25)21-7-6-15(24)20-8-9-29/h13-14,16,22-23,29H,5-12H2,1-4H3,(H,20,24)(H,21,25)/t13?,14?,16-,19?/m0/s1. The lowest BCUT2D eigenvalue weighted by Gasteiger charge is -2.47. The summed E-state index contributed by atoms with van der Waals surface area (Å²) >= 11 is 4.02. The van der Waals surface area contributed by atoms with E-state index < -0.39 is 29.7 Å². The molecule has 1 saturated heterocycles. The predicted octanol–water partition coefficient (Wildman–Crippen LogP) is 0.193. The number of hydrogen-bond acceptors (Lipinski definition) is 8. The van der Waals surface area contributed by atoms with Gasteiger partial charge in [-0.2, -0.15) is 12.6 Å². The van der Waals surface area contributed by atoms with Crippen molar-refractivity contribution in [3.63, 3.8) is 0 Å². The van der Waals surface area contributed by atoms with E-state index in [0.29, 0.717) is 18.7 Å². The number of amides is 2. The highest BCUT2D eigenvalue weighted by Crippen LogP contribution is 2.38. The minimum atomic E-state index is -1.59. The minimum absolute atomic E-state index is 0.0491. The summed E-state index contributed by atoms with van der Waals surface area (Å²) in [6.45, 7) is 6.28. The van der Waals surface area contributed by atoms with Crippen LogP contribution in [0.3, 0.4) is 0 Å². The maximum absolute atomic E-state index is 12.7. The summed E-state index contributed by atoms with van der Waals surface area (Å²) < 4.78 is 17.0. The number of nitrogens with one attached hydrogen (secondary N) is 2. The zero-order valence-corrected chi connectivity index (χ0v) is 18.7. The van der Waals surface area contributed by atoms with Gasteiger partial charge in [-0.15, -0.1) is 0 Å². The van der Waals surface area contributed by atoms with Crippen molar-refractivity contribution < 1.29 is 34.0 Å². The first-order valence-corrected chi connectivity index (χ1v) is 10.6. The van der Waals surface area contributed by atoms with E-state index in [2.05, 4.69) is 23.3 Å². The van der Waals surface area contributed by atoms with E-state index in [0.717, 1.165) is 0 Å². The van der Waals surface area contributed by atoms with Crippen molar-refractivity contribution in [1.29, 1.82) is 0 Å². The Labute approximate surface area is 178 Å². The topological polar surface area (TPSA) is 126 Å². The lowest BCUT2D eigenvalue weighted by atomic mass is 9.85. The summed E-state index contributed by atoms with van der Waals surface area (Å²) in [6, 6.07) is 0. The molecule has 10 heteroatoms. The molecular weight excluding hydrogens is 400 g/mol. The minimum Gasteiger partial charge on any atom is -0.393 e. The van der Waals surface area contributed by atoms with Crippen LogP contribution in [0.25, 0.3) is 0 Å². The third-order valence-electron chi connectivity index (χ3n) is 4.81. The van der Waals surface area contributed by atoms with E-state index >= 15 is 0 Å². The van der Waals surface area contributed by atoms with Gasteiger partial charge in [0.05, 0.1) is 25.2 Å². The Morgan fingerprint density at radius 2 is 1.93 bits per heavy atom. The first-order chi connectivity index (χ1) is 13.6. The zero-order chi connectivity index (χ0) is 22.1. The molecular formula is C19H36N2O7S. The van der Waals surface area contributed by atoms with Crippen LogP contribution in [0.4, 0.5) is 0 Å². The fraction of sp³-hybridized carbons (Fsp3) is 0.895. The van der Waals surface area contributed by atoms with Gasteiger partial charge in [0.15, 0.2) is 0 Å². The summed E-state index contributed by atoms with van der Waals surface area (Å²) in [5.41, 5.74) is -0.645. The molecule has 0 aromatic rings. The molecule has 4 N–H and O–H groups in total. The van der Waals surface area contributed by atoms with Gasteiger partial charge in [0, 0.05) is 37.8 Å². The van der Waals surface area contributed by atoms with Crippen LogP contribution < -0.4 is 10.6 Å². The zero-order valence-electron chi connectivity index (χ0n) is 17.8. The Bertz CT molecular complexity index is 535. The third-order valence-corrected chi connectivity index (χ3v) is 5.03. The van der Waals surface area contributed by atoms with Gasteiger partial charge in [-0.25, -0.2) is 0 Å². The molecule has 0 spiro atoms. The number of aliphatic hydroxyl groups is 2. The molecule has 29 heavy (non-hydrogen) atoms. The van der Waals surface area contributed by atoms with Crippen molar-refractivity contribution in [3.8, 4) is 0 Å². The van der Waals surface area contributed by atoms with E-state index in [4.69, 9.17) is 14.2 Å². The molecule has 1 fully saturated rings. The fourth-order valence-corrected chi connectivity index (χ4v) is 3.09. The second-order valence-electron chi connectivity index (χ2n) is 7.93. The van der Waals surface area contributed by atoms with Crippen LogP contribution in [-0.2, 0) is 23.8 Å². The summed E-state index contributed by atoms with van der Waals surface area (Å²) in [6.07, 6.45) is -1.72. The van der Waals surface area contributed by atoms with Crippen LogP contribution >= 0.6 is 12.6 Å². The normalized spacial score (nSPS) is 25.8. The molecule has 2 amide bonds. The molecule has 9 nitrogen and oxygen atoms in total. The molecule has 0 bridgehead atoms. The average molecular weight is 437 g/mol. The second kappa shape index (κ2) is 12.1. The highest BCUT2D eigenvalue weighted by molar-refractivity contribution is 7.80. The van der Waals surface area contributed by atoms with Gasteiger partial charge >= 0.3 is 0 Å². The molecule has 0 radical (unpaired) electrons. The van der Waals surface area contributed by atoms with E-state index in [9.17, 15) is 19.8 Å². The van der Waals surface area contributed by atoms with Crippen LogP contribution in [-0.4, -0.2) is 78.9 Å². The number of thiol groups is 1. The van der Waals surface area contributed by atoms with Gasteiger partial charge < -0.3 is 35.1 Å². The van der Waals surface area contributed by atoms with Crippen molar-refractivity contribution in [2.75, 3.05) is 32.6 Å². The van der Waals surface area contributed by atoms with Crippen molar-refractivity contribution in [3.05, 3.63) is 0 Å². The fourth-order valence-electron chi connectivity index (χ4n) is 2.98. The molecule has 1 rings (SSSR count). The van der Waals surface area contributed by atoms with Crippen LogP contribution in [0.5, 0.6) is 0 Å². The first kappa shape index (κ1) is 26.1. The largest absolute Gasteiger partial charge is 0.393 e. The van der Waals surface area contributed by atoms with Gasteiger partial charge in [-0.3, -0.25) is 9.59 Å². The van der Waals surface area contributed by atoms with Gasteiger partial charge in [-0.1, -0.05) is 20.8 Å². The number of ether oxygens (including phenoxy) is 3. The summed E-state index contributed by atoms with van der Waals surface area (Å²) in [4.78, 5) is 24.4. The summed E-state index contributed by atoms with van der Waals surface area (Å²) in [5.74, 6) is -1.60. The molecule has 0 aliphatic carbocycles. The van der Waals surface area contributed by atoms with Crippen LogP contribution in [0, 0.1) is 5.41 Å². The van der Waals surface area contributed by atoms with Gasteiger partial charge in [0.2, 0.25) is 11.8 Å². The van der Waals surface area contributed by atoms with Crippen LogP contribution in [0.1, 0.15) is 46.5 Å². The Morgan fingerprint density at radius 3 is 2.52 bits per heavy atom. The highest BCUT2D eigenvalue weighted by atomic mass is 32.1. The number of hydrogen-bond donors (Lipinski definition) is 5. The summed E-state index contributed by atoms with van der Waals surface area (Å²) in [7, 11) is 1.38. The number of rotatable bonds is 12. The molecule has 1 aliphatic heterocycles. The number of methoxy groups -OCH3 is 1. The predicted molar refractivity (Wildman–Crippen MR) is 110 cm³/mol.